The number of benzene rings is 1. The summed E-state index contributed by atoms with van der Waals surface area (Å²) >= 11 is 0. The van der Waals surface area contributed by atoms with Crippen LogP contribution in [0.15, 0.2) is 64.1 Å². The first kappa shape index (κ1) is 22.6. The SMILES string of the molecule is Cc1c(NC(=O)c2cnn3c2N[C@@H](c2ccco2)C[C@H]3C(F)(F)F)c(=O)n(-c2ccccc2)n1C. The Morgan fingerprint density at radius 2 is 1.94 bits per heavy atom. The summed E-state index contributed by atoms with van der Waals surface area (Å²) in [6.07, 6.45) is -2.52. The van der Waals surface area contributed by atoms with Gasteiger partial charge in [0.2, 0.25) is 0 Å². The molecular formula is C23H21F3N6O3. The van der Waals surface area contributed by atoms with Crippen molar-refractivity contribution >= 4 is 17.4 Å². The van der Waals surface area contributed by atoms with Gasteiger partial charge in [0.25, 0.3) is 11.5 Å². The summed E-state index contributed by atoms with van der Waals surface area (Å²) in [5, 5.41) is 9.37. The largest absolute Gasteiger partial charge is 0.467 e. The number of hydrogen-bond acceptors (Lipinski definition) is 5. The Morgan fingerprint density at radius 1 is 1.20 bits per heavy atom. The highest BCUT2D eigenvalue weighted by atomic mass is 19.4. The van der Waals surface area contributed by atoms with Gasteiger partial charge in [-0.1, -0.05) is 18.2 Å². The predicted octanol–water partition coefficient (Wildman–Crippen LogP) is 4.19. The molecule has 182 valence electrons. The Hall–Kier alpha value is -4.22. The Kier molecular flexibility index (Phi) is 5.30. The van der Waals surface area contributed by atoms with Crippen LogP contribution in [0.25, 0.3) is 5.69 Å². The summed E-state index contributed by atoms with van der Waals surface area (Å²) in [5.74, 6) is -0.553. The number of carbonyl (C=O) groups excluding carboxylic acids is 1. The quantitative estimate of drug-likeness (QED) is 0.451. The second-order valence-electron chi connectivity index (χ2n) is 8.25. The van der Waals surface area contributed by atoms with Crippen LogP contribution < -0.4 is 16.2 Å². The van der Waals surface area contributed by atoms with Crippen molar-refractivity contribution in [3.05, 3.63) is 82.3 Å². The Balaban J connectivity index is 1.51. The zero-order valence-corrected chi connectivity index (χ0v) is 18.7. The van der Waals surface area contributed by atoms with Crippen molar-refractivity contribution < 1.29 is 22.4 Å². The number of para-hydroxylation sites is 1. The summed E-state index contributed by atoms with van der Waals surface area (Å²) in [4.78, 5) is 26.3. The van der Waals surface area contributed by atoms with Crippen molar-refractivity contribution in [1.82, 2.24) is 19.1 Å². The Bertz CT molecular complexity index is 1430. The van der Waals surface area contributed by atoms with E-state index in [0.717, 1.165) is 10.9 Å². The minimum absolute atomic E-state index is 0.0204. The maximum atomic E-state index is 13.8. The van der Waals surface area contributed by atoms with Gasteiger partial charge in [-0.15, -0.1) is 0 Å². The number of rotatable bonds is 4. The highest BCUT2D eigenvalue weighted by Gasteiger charge is 2.47. The standard InChI is InChI=1S/C23H21F3N6O3/c1-13-19(22(34)32(30(13)2)14-7-4-3-5-8-14)29-21(33)15-12-27-31-18(23(24,25)26)11-16(28-20(15)31)17-9-6-10-35-17/h3-10,12,16,18,28H,11H2,1-2H3,(H,29,33)/t16-,18+/m1/s1. The lowest BCUT2D eigenvalue weighted by Gasteiger charge is -2.32. The van der Waals surface area contributed by atoms with Gasteiger partial charge in [-0.3, -0.25) is 14.3 Å². The normalized spacial score (nSPS) is 17.6. The molecule has 0 saturated carbocycles. The smallest absolute Gasteiger partial charge is 0.410 e. The molecule has 1 aliphatic heterocycles. The topological polar surface area (TPSA) is 99.0 Å². The summed E-state index contributed by atoms with van der Waals surface area (Å²) in [5.41, 5.74) is 0.502. The van der Waals surface area contributed by atoms with Gasteiger partial charge >= 0.3 is 6.18 Å². The third kappa shape index (κ3) is 3.80. The second-order valence-corrected chi connectivity index (χ2v) is 8.25. The molecule has 0 fully saturated rings. The van der Waals surface area contributed by atoms with Crippen LogP contribution in [-0.4, -0.2) is 31.2 Å². The number of halogens is 3. The predicted molar refractivity (Wildman–Crippen MR) is 121 cm³/mol. The fraction of sp³-hybridized carbons (Fsp3) is 0.261. The zero-order chi connectivity index (χ0) is 24.9. The van der Waals surface area contributed by atoms with Gasteiger partial charge in [0.1, 0.15) is 22.8 Å². The fourth-order valence-electron chi connectivity index (χ4n) is 4.30. The van der Waals surface area contributed by atoms with Crippen LogP contribution in [-0.2, 0) is 7.05 Å². The van der Waals surface area contributed by atoms with E-state index in [1.165, 1.54) is 10.9 Å². The minimum Gasteiger partial charge on any atom is -0.467 e. The van der Waals surface area contributed by atoms with Gasteiger partial charge in [-0.05, 0) is 31.2 Å². The van der Waals surface area contributed by atoms with Gasteiger partial charge in [-0.25, -0.2) is 9.36 Å². The van der Waals surface area contributed by atoms with Crippen LogP contribution in [0.1, 0.15) is 40.3 Å². The van der Waals surface area contributed by atoms with E-state index in [1.54, 1.807) is 55.1 Å². The minimum atomic E-state index is -4.60. The van der Waals surface area contributed by atoms with E-state index in [4.69, 9.17) is 4.42 Å². The van der Waals surface area contributed by atoms with Crippen LogP contribution in [0.5, 0.6) is 0 Å². The molecule has 1 aliphatic rings. The van der Waals surface area contributed by atoms with Crippen LogP contribution in [0, 0.1) is 6.92 Å². The lowest BCUT2D eigenvalue weighted by atomic mass is 10.0. The summed E-state index contributed by atoms with van der Waals surface area (Å²) in [6, 6.07) is 9.23. The molecule has 0 radical (unpaired) electrons. The van der Waals surface area contributed by atoms with E-state index >= 15 is 0 Å². The van der Waals surface area contributed by atoms with Crippen LogP contribution in [0.3, 0.4) is 0 Å². The number of nitrogens with zero attached hydrogens (tertiary/aromatic N) is 4. The molecule has 1 aromatic carbocycles. The summed E-state index contributed by atoms with van der Waals surface area (Å²) in [6.45, 7) is 1.66. The lowest BCUT2D eigenvalue weighted by Crippen LogP contribution is -2.36. The maximum absolute atomic E-state index is 13.8. The number of furan rings is 1. The van der Waals surface area contributed by atoms with Gasteiger partial charge in [0.15, 0.2) is 6.04 Å². The molecule has 9 nitrogen and oxygen atoms in total. The number of hydrogen-bond donors (Lipinski definition) is 2. The number of alkyl halides is 3. The van der Waals surface area contributed by atoms with Gasteiger partial charge in [-0.2, -0.15) is 18.3 Å². The molecule has 0 saturated heterocycles. The Labute approximate surface area is 196 Å². The molecule has 2 atom stereocenters. The number of nitrogens with one attached hydrogen (secondary N) is 2. The van der Waals surface area contributed by atoms with E-state index in [0.29, 0.717) is 17.1 Å². The zero-order valence-electron chi connectivity index (χ0n) is 18.7. The number of carbonyl (C=O) groups is 1. The van der Waals surface area contributed by atoms with Crippen molar-refractivity contribution in [2.75, 3.05) is 10.6 Å². The van der Waals surface area contributed by atoms with Gasteiger partial charge in [0, 0.05) is 13.5 Å². The molecule has 2 N–H and O–H groups in total. The molecule has 12 heteroatoms. The molecular weight excluding hydrogens is 465 g/mol. The van der Waals surface area contributed by atoms with E-state index in [9.17, 15) is 22.8 Å². The monoisotopic (exact) mass is 486 g/mol. The van der Waals surface area contributed by atoms with Crippen molar-refractivity contribution in [3.8, 4) is 5.69 Å². The molecule has 0 spiro atoms. The highest BCUT2D eigenvalue weighted by molar-refractivity contribution is 6.07. The molecule has 35 heavy (non-hydrogen) atoms. The molecule has 4 heterocycles. The van der Waals surface area contributed by atoms with E-state index < -0.39 is 29.7 Å². The van der Waals surface area contributed by atoms with Crippen LogP contribution in [0.2, 0.25) is 0 Å². The maximum Gasteiger partial charge on any atom is 0.410 e. The van der Waals surface area contributed by atoms with E-state index in [1.807, 2.05) is 6.07 Å². The van der Waals surface area contributed by atoms with Crippen molar-refractivity contribution in [2.24, 2.45) is 7.05 Å². The third-order valence-corrected chi connectivity index (χ3v) is 6.16. The van der Waals surface area contributed by atoms with Crippen molar-refractivity contribution in [3.63, 3.8) is 0 Å². The molecule has 0 bridgehead atoms. The summed E-state index contributed by atoms with van der Waals surface area (Å²) in [7, 11) is 1.67. The third-order valence-electron chi connectivity index (χ3n) is 6.16. The fourth-order valence-corrected chi connectivity index (χ4v) is 4.30. The van der Waals surface area contributed by atoms with E-state index in [-0.39, 0.29) is 23.5 Å². The molecule has 0 unspecified atom stereocenters. The first-order chi connectivity index (χ1) is 16.7. The molecule has 4 aromatic rings. The number of aromatic nitrogens is 4. The second kappa shape index (κ2) is 8.22. The average molecular weight is 486 g/mol. The molecule has 5 rings (SSSR count). The Morgan fingerprint density at radius 3 is 2.60 bits per heavy atom. The van der Waals surface area contributed by atoms with E-state index in [2.05, 4.69) is 15.7 Å². The molecule has 0 aliphatic carbocycles. The first-order valence-electron chi connectivity index (χ1n) is 10.8. The molecule has 3 aromatic heterocycles. The van der Waals surface area contributed by atoms with Gasteiger partial charge in [0.05, 0.1) is 29.9 Å². The lowest BCUT2D eigenvalue weighted by molar-refractivity contribution is -0.174. The molecule has 1 amide bonds. The average Bonchev–Trinajstić information content (AvgIpc) is 3.55. The number of anilines is 2. The number of amides is 1. The highest BCUT2D eigenvalue weighted by Crippen LogP contribution is 2.44. The van der Waals surface area contributed by atoms with Crippen LogP contribution in [0.4, 0.5) is 24.7 Å². The number of fused-ring (bicyclic) bond motifs is 1. The van der Waals surface area contributed by atoms with Gasteiger partial charge < -0.3 is 15.1 Å². The van der Waals surface area contributed by atoms with Crippen LogP contribution >= 0.6 is 0 Å². The van der Waals surface area contributed by atoms with Crippen molar-refractivity contribution in [1.29, 1.82) is 0 Å². The summed E-state index contributed by atoms with van der Waals surface area (Å²) < 4.78 is 50.6. The van der Waals surface area contributed by atoms with Crippen molar-refractivity contribution in [2.45, 2.75) is 31.6 Å². The first-order valence-corrected chi connectivity index (χ1v) is 10.8.